The minimum Gasteiger partial charge on any atom is -0.483 e. The molecule has 0 bridgehead atoms. The maximum atomic E-state index is 12.1. The number of aryl methyl sites for hydroxylation is 2. The second-order valence-electron chi connectivity index (χ2n) is 5.34. The molecule has 1 fully saturated rings. The summed E-state index contributed by atoms with van der Waals surface area (Å²) in [6.45, 7) is 7.56. The zero-order chi connectivity index (χ0) is 14.7. The van der Waals surface area contributed by atoms with Gasteiger partial charge in [-0.15, -0.1) is 0 Å². The number of ether oxygens (including phenoxy) is 1. The van der Waals surface area contributed by atoms with Gasteiger partial charge < -0.3 is 14.5 Å². The molecule has 0 aromatic heterocycles. The van der Waals surface area contributed by atoms with Crippen molar-refractivity contribution in [2.75, 3.05) is 39.8 Å². The van der Waals surface area contributed by atoms with Crippen LogP contribution in [0.1, 0.15) is 11.1 Å². The number of amides is 1. The number of carbonyl (C=O) groups excluding carboxylic acids is 1. The van der Waals surface area contributed by atoms with Gasteiger partial charge >= 0.3 is 0 Å². The molecule has 110 valence electrons. The molecule has 5 heteroatoms. The Bertz CT molecular complexity index is 497. The van der Waals surface area contributed by atoms with Crippen molar-refractivity contribution < 1.29 is 9.53 Å². The molecule has 1 aromatic carbocycles. The van der Waals surface area contributed by atoms with Crippen LogP contribution in [0.25, 0.3) is 0 Å². The monoisotopic (exact) mass is 340 g/mol. The number of rotatable bonds is 3. The van der Waals surface area contributed by atoms with Gasteiger partial charge in [-0.1, -0.05) is 15.9 Å². The van der Waals surface area contributed by atoms with Gasteiger partial charge in [-0.25, -0.2) is 0 Å². The van der Waals surface area contributed by atoms with E-state index in [0.29, 0.717) is 0 Å². The number of hydrogen-bond acceptors (Lipinski definition) is 3. The van der Waals surface area contributed by atoms with Crippen LogP contribution in [0.15, 0.2) is 16.6 Å². The predicted octanol–water partition coefficient (Wildman–Crippen LogP) is 2.22. The highest BCUT2D eigenvalue weighted by molar-refractivity contribution is 9.10. The fourth-order valence-corrected chi connectivity index (χ4v) is 2.65. The molecule has 1 aromatic rings. The van der Waals surface area contributed by atoms with Crippen LogP contribution in [0, 0.1) is 13.8 Å². The van der Waals surface area contributed by atoms with E-state index in [1.165, 1.54) is 0 Å². The molecule has 0 atom stereocenters. The molecule has 1 heterocycles. The third-order valence-corrected chi connectivity index (χ3v) is 4.52. The molecule has 0 N–H and O–H groups in total. The quantitative estimate of drug-likeness (QED) is 0.845. The summed E-state index contributed by atoms with van der Waals surface area (Å²) in [6.07, 6.45) is 0. The Balaban J connectivity index is 1.92. The van der Waals surface area contributed by atoms with Gasteiger partial charge in [-0.2, -0.15) is 0 Å². The van der Waals surface area contributed by atoms with Crippen molar-refractivity contribution in [1.29, 1.82) is 0 Å². The first-order valence-corrected chi connectivity index (χ1v) is 7.62. The number of hydrogen-bond donors (Lipinski definition) is 0. The molecule has 0 saturated carbocycles. The van der Waals surface area contributed by atoms with Gasteiger partial charge in [0.2, 0.25) is 0 Å². The molecule has 1 saturated heterocycles. The number of carbonyl (C=O) groups is 1. The number of benzene rings is 1. The van der Waals surface area contributed by atoms with Crippen LogP contribution in [0.4, 0.5) is 0 Å². The fourth-order valence-electron chi connectivity index (χ4n) is 2.20. The molecule has 4 nitrogen and oxygen atoms in total. The normalized spacial score (nSPS) is 16.3. The molecule has 0 unspecified atom stereocenters. The Kier molecular flexibility index (Phi) is 5.05. The summed E-state index contributed by atoms with van der Waals surface area (Å²) in [5.41, 5.74) is 2.14. The summed E-state index contributed by atoms with van der Waals surface area (Å²) in [7, 11) is 2.08. The Morgan fingerprint density at radius 1 is 1.20 bits per heavy atom. The van der Waals surface area contributed by atoms with E-state index in [-0.39, 0.29) is 12.5 Å². The van der Waals surface area contributed by atoms with Crippen LogP contribution in [0.2, 0.25) is 0 Å². The molecular weight excluding hydrogens is 320 g/mol. The minimum absolute atomic E-state index is 0.0677. The molecular formula is C15H21BrN2O2. The van der Waals surface area contributed by atoms with Crippen molar-refractivity contribution in [2.45, 2.75) is 13.8 Å². The lowest BCUT2D eigenvalue weighted by Gasteiger charge is -2.32. The average molecular weight is 341 g/mol. The largest absolute Gasteiger partial charge is 0.483 e. The standard InChI is InChI=1S/C15H21BrN2O2/c1-11-9-14(12(2)8-13(11)16)20-10-15(19)18-6-4-17(3)5-7-18/h8-9H,4-7,10H2,1-3H3. The van der Waals surface area contributed by atoms with Crippen molar-refractivity contribution in [3.05, 3.63) is 27.7 Å². The van der Waals surface area contributed by atoms with Crippen LogP contribution >= 0.6 is 15.9 Å². The van der Waals surface area contributed by atoms with Gasteiger partial charge in [-0.3, -0.25) is 4.79 Å². The Morgan fingerprint density at radius 2 is 1.85 bits per heavy atom. The molecule has 2 rings (SSSR count). The van der Waals surface area contributed by atoms with Gasteiger partial charge in [-0.05, 0) is 44.2 Å². The predicted molar refractivity (Wildman–Crippen MR) is 83.2 cm³/mol. The van der Waals surface area contributed by atoms with Crippen LogP contribution in [-0.2, 0) is 4.79 Å². The number of likely N-dealkylation sites (N-methyl/N-ethyl adjacent to an activating group) is 1. The van der Waals surface area contributed by atoms with E-state index in [1.807, 2.05) is 30.9 Å². The lowest BCUT2D eigenvalue weighted by Crippen LogP contribution is -2.48. The van der Waals surface area contributed by atoms with E-state index >= 15 is 0 Å². The van der Waals surface area contributed by atoms with E-state index in [0.717, 1.165) is 47.5 Å². The maximum absolute atomic E-state index is 12.1. The molecule has 20 heavy (non-hydrogen) atoms. The average Bonchev–Trinajstić information content (AvgIpc) is 2.42. The van der Waals surface area contributed by atoms with E-state index in [4.69, 9.17) is 4.74 Å². The van der Waals surface area contributed by atoms with Gasteiger partial charge in [0.1, 0.15) is 5.75 Å². The maximum Gasteiger partial charge on any atom is 0.260 e. The SMILES string of the molecule is Cc1cc(OCC(=O)N2CCN(C)CC2)c(C)cc1Br. The fraction of sp³-hybridized carbons (Fsp3) is 0.533. The molecule has 0 radical (unpaired) electrons. The van der Waals surface area contributed by atoms with Crippen molar-refractivity contribution in [2.24, 2.45) is 0 Å². The lowest BCUT2D eigenvalue weighted by atomic mass is 10.1. The van der Waals surface area contributed by atoms with Gasteiger partial charge in [0.15, 0.2) is 6.61 Å². The van der Waals surface area contributed by atoms with E-state index in [2.05, 4.69) is 27.9 Å². The molecule has 0 spiro atoms. The van der Waals surface area contributed by atoms with Crippen LogP contribution in [0.3, 0.4) is 0 Å². The van der Waals surface area contributed by atoms with Crippen LogP contribution < -0.4 is 4.74 Å². The van der Waals surface area contributed by atoms with Gasteiger partial charge in [0.25, 0.3) is 5.91 Å². The molecule has 1 amide bonds. The highest BCUT2D eigenvalue weighted by atomic mass is 79.9. The zero-order valence-corrected chi connectivity index (χ0v) is 13.9. The van der Waals surface area contributed by atoms with Crippen molar-refractivity contribution in [3.8, 4) is 5.75 Å². The Hall–Kier alpha value is -1.07. The highest BCUT2D eigenvalue weighted by Crippen LogP contribution is 2.26. The van der Waals surface area contributed by atoms with Crippen molar-refractivity contribution in [1.82, 2.24) is 9.80 Å². The van der Waals surface area contributed by atoms with Crippen molar-refractivity contribution in [3.63, 3.8) is 0 Å². The Labute approximate surface area is 128 Å². The minimum atomic E-state index is 0.0677. The number of nitrogens with zero attached hydrogens (tertiary/aromatic N) is 2. The van der Waals surface area contributed by atoms with Crippen LogP contribution in [0.5, 0.6) is 5.75 Å². The smallest absolute Gasteiger partial charge is 0.260 e. The summed E-state index contributed by atoms with van der Waals surface area (Å²) in [5, 5.41) is 0. The summed E-state index contributed by atoms with van der Waals surface area (Å²) < 4.78 is 6.75. The second kappa shape index (κ2) is 6.59. The van der Waals surface area contributed by atoms with Gasteiger partial charge in [0, 0.05) is 30.7 Å². The first-order chi connectivity index (χ1) is 9.47. The highest BCUT2D eigenvalue weighted by Gasteiger charge is 2.19. The summed E-state index contributed by atoms with van der Waals surface area (Å²) >= 11 is 3.49. The van der Waals surface area contributed by atoms with Crippen LogP contribution in [-0.4, -0.2) is 55.5 Å². The summed E-state index contributed by atoms with van der Waals surface area (Å²) in [6, 6.07) is 3.99. The first-order valence-electron chi connectivity index (χ1n) is 6.83. The van der Waals surface area contributed by atoms with E-state index in [1.54, 1.807) is 0 Å². The number of halogens is 1. The Morgan fingerprint density at radius 3 is 2.50 bits per heavy atom. The van der Waals surface area contributed by atoms with E-state index in [9.17, 15) is 4.79 Å². The van der Waals surface area contributed by atoms with Crippen molar-refractivity contribution >= 4 is 21.8 Å². The summed E-state index contributed by atoms with van der Waals surface area (Å²) in [4.78, 5) is 16.2. The third kappa shape index (κ3) is 3.73. The third-order valence-electron chi connectivity index (χ3n) is 3.66. The zero-order valence-electron chi connectivity index (χ0n) is 12.3. The summed E-state index contributed by atoms with van der Waals surface area (Å²) in [5.74, 6) is 0.853. The molecule has 1 aliphatic rings. The molecule has 0 aliphatic carbocycles. The lowest BCUT2D eigenvalue weighted by molar-refractivity contribution is -0.134. The molecule has 1 aliphatic heterocycles. The van der Waals surface area contributed by atoms with E-state index < -0.39 is 0 Å². The topological polar surface area (TPSA) is 32.8 Å². The first kappa shape index (κ1) is 15.3. The second-order valence-corrected chi connectivity index (χ2v) is 6.19. The van der Waals surface area contributed by atoms with Gasteiger partial charge in [0.05, 0.1) is 0 Å². The number of piperazine rings is 1.